The van der Waals surface area contributed by atoms with Gasteiger partial charge in [-0.05, 0) is 48.7 Å². The van der Waals surface area contributed by atoms with Crippen LogP contribution in [0.1, 0.15) is 22.3 Å². The number of carbonyl (C=O) groups is 1. The molecule has 4 rings (SSSR count). The van der Waals surface area contributed by atoms with E-state index < -0.39 is 0 Å². The molecule has 112 valence electrons. The first-order valence-electron chi connectivity index (χ1n) is 7.26. The fraction of sp³-hybridized carbons (Fsp3) is 0.235. The number of anilines is 1. The predicted molar refractivity (Wildman–Crippen MR) is 80.8 cm³/mol. The van der Waals surface area contributed by atoms with Crippen LogP contribution in [0.2, 0.25) is 0 Å². The second-order valence-electron chi connectivity index (χ2n) is 5.30. The molecule has 1 N–H and O–H groups in total. The van der Waals surface area contributed by atoms with Crippen LogP contribution in [0.25, 0.3) is 0 Å². The molecule has 0 unspecified atom stereocenters. The van der Waals surface area contributed by atoms with E-state index >= 15 is 0 Å². The van der Waals surface area contributed by atoms with Crippen LogP contribution in [0.4, 0.5) is 5.69 Å². The lowest BCUT2D eigenvalue weighted by Gasteiger charge is -2.17. The average Bonchev–Trinajstić information content (AvgIpc) is 3.02. The maximum absolute atomic E-state index is 12.4. The van der Waals surface area contributed by atoms with Crippen LogP contribution in [0, 0.1) is 0 Å². The molecule has 1 amide bonds. The summed E-state index contributed by atoms with van der Waals surface area (Å²) in [5.41, 5.74) is 2.40. The molecular formula is C17H15NO4. The largest absolute Gasteiger partial charge is 0.493 e. The standard InChI is InChI=1S/C17H15NO4/c19-17(12-3-5-14-11(8-12)2-1-7-20-14)18-13-4-6-15-16(9-13)22-10-21-15/h3-6,8-9H,1-2,7,10H2,(H,18,19). The van der Waals surface area contributed by atoms with Gasteiger partial charge in [-0.2, -0.15) is 0 Å². The highest BCUT2D eigenvalue weighted by Crippen LogP contribution is 2.34. The quantitative estimate of drug-likeness (QED) is 0.926. The van der Waals surface area contributed by atoms with E-state index in [1.807, 2.05) is 12.1 Å². The van der Waals surface area contributed by atoms with Gasteiger partial charge in [0.05, 0.1) is 6.61 Å². The van der Waals surface area contributed by atoms with Crippen molar-refractivity contribution in [1.29, 1.82) is 0 Å². The SMILES string of the molecule is O=C(Nc1ccc2c(c1)OCO2)c1ccc2c(c1)CCCO2. The van der Waals surface area contributed by atoms with Crippen LogP contribution in [0.5, 0.6) is 17.2 Å². The van der Waals surface area contributed by atoms with Gasteiger partial charge in [-0.3, -0.25) is 4.79 Å². The van der Waals surface area contributed by atoms with Gasteiger partial charge in [0.2, 0.25) is 6.79 Å². The fourth-order valence-corrected chi connectivity index (χ4v) is 2.68. The van der Waals surface area contributed by atoms with Crippen LogP contribution in [0.15, 0.2) is 36.4 Å². The van der Waals surface area contributed by atoms with Crippen molar-refractivity contribution in [2.75, 3.05) is 18.7 Å². The number of rotatable bonds is 2. The van der Waals surface area contributed by atoms with Crippen LogP contribution in [-0.4, -0.2) is 19.3 Å². The minimum atomic E-state index is -0.146. The third-order valence-corrected chi connectivity index (χ3v) is 3.80. The Bertz CT molecular complexity index is 741. The summed E-state index contributed by atoms with van der Waals surface area (Å²) in [6, 6.07) is 10.9. The maximum Gasteiger partial charge on any atom is 0.255 e. The second kappa shape index (κ2) is 5.26. The highest BCUT2D eigenvalue weighted by Gasteiger charge is 2.16. The molecule has 0 saturated heterocycles. The molecule has 0 saturated carbocycles. The summed E-state index contributed by atoms with van der Waals surface area (Å²) in [5.74, 6) is 2.08. The molecule has 0 fully saturated rings. The fourth-order valence-electron chi connectivity index (χ4n) is 2.68. The molecule has 0 atom stereocenters. The van der Waals surface area contributed by atoms with Crippen molar-refractivity contribution in [3.8, 4) is 17.2 Å². The second-order valence-corrected chi connectivity index (χ2v) is 5.30. The molecule has 22 heavy (non-hydrogen) atoms. The Hall–Kier alpha value is -2.69. The molecule has 5 heteroatoms. The van der Waals surface area contributed by atoms with Gasteiger partial charge in [0.15, 0.2) is 11.5 Å². The van der Waals surface area contributed by atoms with Crippen LogP contribution >= 0.6 is 0 Å². The Labute approximate surface area is 127 Å². The number of nitrogens with one attached hydrogen (secondary N) is 1. The van der Waals surface area contributed by atoms with Gasteiger partial charge >= 0.3 is 0 Å². The monoisotopic (exact) mass is 297 g/mol. The normalized spacial score (nSPS) is 14.9. The van der Waals surface area contributed by atoms with Crippen molar-refractivity contribution >= 4 is 11.6 Å². The zero-order valence-corrected chi connectivity index (χ0v) is 11.9. The average molecular weight is 297 g/mol. The van der Waals surface area contributed by atoms with Gasteiger partial charge in [0.1, 0.15) is 5.75 Å². The zero-order chi connectivity index (χ0) is 14.9. The number of hydrogen-bond acceptors (Lipinski definition) is 4. The Kier molecular flexibility index (Phi) is 3.11. The predicted octanol–water partition coefficient (Wildman–Crippen LogP) is 2.99. The molecule has 2 aliphatic rings. The smallest absolute Gasteiger partial charge is 0.255 e. The molecule has 2 aromatic carbocycles. The van der Waals surface area contributed by atoms with Gasteiger partial charge < -0.3 is 19.5 Å². The molecule has 0 aromatic heterocycles. The van der Waals surface area contributed by atoms with E-state index in [0.717, 1.165) is 30.8 Å². The Morgan fingerprint density at radius 2 is 1.82 bits per heavy atom. The van der Waals surface area contributed by atoms with Crippen molar-refractivity contribution in [2.24, 2.45) is 0 Å². The van der Waals surface area contributed by atoms with Gasteiger partial charge in [-0.15, -0.1) is 0 Å². The number of benzene rings is 2. The van der Waals surface area contributed by atoms with Gasteiger partial charge in [-0.1, -0.05) is 0 Å². The molecule has 0 aliphatic carbocycles. The van der Waals surface area contributed by atoms with Crippen LogP contribution in [0.3, 0.4) is 0 Å². The molecule has 0 spiro atoms. The number of fused-ring (bicyclic) bond motifs is 2. The molecule has 2 aliphatic heterocycles. The number of hydrogen-bond donors (Lipinski definition) is 1. The lowest BCUT2D eigenvalue weighted by Crippen LogP contribution is -2.14. The minimum absolute atomic E-state index is 0.146. The van der Waals surface area contributed by atoms with E-state index in [0.29, 0.717) is 22.7 Å². The minimum Gasteiger partial charge on any atom is -0.493 e. The van der Waals surface area contributed by atoms with Crippen LogP contribution in [-0.2, 0) is 6.42 Å². The van der Waals surface area contributed by atoms with E-state index in [1.165, 1.54) is 0 Å². The van der Waals surface area contributed by atoms with E-state index in [9.17, 15) is 4.79 Å². The van der Waals surface area contributed by atoms with Crippen molar-refractivity contribution < 1.29 is 19.0 Å². The van der Waals surface area contributed by atoms with E-state index in [2.05, 4.69) is 5.32 Å². The summed E-state index contributed by atoms with van der Waals surface area (Å²) in [5, 5.41) is 2.88. The summed E-state index contributed by atoms with van der Waals surface area (Å²) in [7, 11) is 0. The third-order valence-electron chi connectivity index (χ3n) is 3.80. The summed E-state index contributed by atoms with van der Waals surface area (Å²) < 4.78 is 16.1. The summed E-state index contributed by atoms with van der Waals surface area (Å²) in [6.45, 7) is 0.966. The first kappa shape index (κ1) is 13.0. The molecule has 5 nitrogen and oxygen atoms in total. The molecule has 0 bridgehead atoms. The van der Waals surface area contributed by atoms with Gasteiger partial charge in [-0.25, -0.2) is 0 Å². The van der Waals surface area contributed by atoms with Gasteiger partial charge in [0, 0.05) is 17.3 Å². The number of amides is 1. The van der Waals surface area contributed by atoms with Crippen molar-refractivity contribution in [3.63, 3.8) is 0 Å². The van der Waals surface area contributed by atoms with Crippen molar-refractivity contribution in [2.45, 2.75) is 12.8 Å². The summed E-state index contributed by atoms with van der Waals surface area (Å²) in [6.07, 6.45) is 1.93. The number of aryl methyl sites for hydroxylation is 1. The first-order valence-corrected chi connectivity index (χ1v) is 7.26. The van der Waals surface area contributed by atoms with Crippen molar-refractivity contribution in [3.05, 3.63) is 47.5 Å². The Balaban J connectivity index is 1.54. The molecular weight excluding hydrogens is 282 g/mol. The maximum atomic E-state index is 12.4. The topological polar surface area (TPSA) is 56.8 Å². The summed E-state index contributed by atoms with van der Waals surface area (Å²) in [4.78, 5) is 12.4. The Morgan fingerprint density at radius 1 is 0.955 bits per heavy atom. The molecule has 0 radical (unpaired) electrons. The highest BCUT2D eigenvalue weighted by atomic mass is 16.7. The van der Waals surface area contributed by atoms with E-state index in [1.54, 1.807) is 24.3 Å². The van der Waals surface area contributed by atoms with E-state index in [4.69, 9.17) is 14.2 Å². The van der Waals surface area contributed by atoms with Crippen LogP contribution < -0.4 is 19.5 Å². The van der Waals surface area contributed by atoms with Crippen molar-refractivity contribution in [1.82, 2.24) is 0 Å². The number of carbonyl (C=O) groups excluding carboxylic acids is 1. The van der Waals surface area contributed by atoms with E-state index in [-0.39, 0.29) is 12.7 Å². The molecule has 2 heterocycles. The van der Waals surface area contributed by atoms with Gasteiger partial charge in [0.25, 0.3) is 5.91 Å². The zero-order valence-electron chi connectivity index (χ0n) is 11.9. The summed E-state index contributed by atoms with van der Waals surface area (Å²) >= 11 is 0. The lowest BCUT2D eigenvalue weighted by atomic mass is 10.0. The lowest BCUT2D eigenvalue weighted by molar-refractivity contribution is 0.102. The third kappa shape index (κ3) is 2.35. The Morgan fingerprint density at radius 3 is 2.77 bits per heavy atom. The first-order chi connectivity index (χ1) is 10.8. The number of ether oxygens (including phenoxy) is 3. The molecule has 2 aromatic rings. The highest BCUT2D eigenvalue weighted by molar-refractivity contribution is 6.04.